The fourth-order valence-corrected chi connectivity index (χ4v) is 6.96. The van der Waals surface area contributed by atoms with E-state index in [0.29, 0.717) is 36.7 Å². The summed E-state index contributed by atoms with van der Waals surface area (Å²) in [6.45, 7) is 5.47. The summed E-state index contributed by atoms with van der Waals surface area (Å²) in [5.74, 6) is 0.559. The number of carbonyl (C=O) groups excluding carboxylic acids is 2. The second-order valence-corrected chi connectivity index (χ2v) is 11.3. The number of likely N-dealkylation sites (tertiary alicyclic amines) is 1. The molecule has 200 valence electrons. The van der Waals surface area contributed by atoms with Crippen LogP contribution in [0.4, 0.5) is 4.39 Å². The van der Waals surface area contributed by atoms with Gasteiger partial charge in [0, 0.05) is 44.7 Å². The highest BCUT2D eigenvalue weighted by Crippen LogP contribution is 2.43. The van der Waals surface area contributed by atoms with Gasteiger partial charge in [-0.05, 0) is 56.7 Å². The zero-order chi connectivity index (χ0) is 26.4. The molecule has 4 heterocycles. The van der Waals surface area contributed by atoms with E-state index < -0.39 is 0 Å². The Morgan fingerprint density at radius 2 is 1.74 bits per heavy atom. The van der Waals surface area contributed by atoms with Gasteiger partial charge in [-0.1, -0.05) is 36.4 Å². The van der Waals surface area contributed by atoms with Gasteiger partial charge in [0.15, 0.2) is 5.82 Å². The molecular weight excluding hydrogens is 481 g/mol. The topological polar surface area (TPSA) is 70.5 Å². The first-order chi connectivity index (χ1) is 18.4. The van der Waals surface area contributed by atoms with Crippen LogP contribution < -0.4 is 5.32 Å². The molecule has 0 aliphatic carbocycles. The van der Waals surface area contributed by atoms with Gasteiger partial charge in [0.05, 0.1) is 17.5 Å². The molecule has 3 aromatic rings. The van der Waals surface area contributed by atoms with E-state index in [-0.39, 0.29) is 29.6 Å². The van der Waals surface area contributed by atoms with E-state index in [2.05, 4.69) is 31.9 Å². The molecule has 3 atom stereocenters. The number of aryl methyl sites for hydroxylation is 1. The Bertz CT molecular complexity index is 1320. The van der Waals surface area contributed by atoms with E-state index in [4.69, 9.17) is 0 Å². The van der Waals surface area contributed by atoms with Crippen molar-refractivity contribution in [3.63, 3.8) is 0 Å². The fourth-order valence-electron chi connectivity index (χ4n) is 6.96. The Kier molecular flexibility index (Phi) is 6.68. The van der Waals surface area contributed by atoms with Crippen LogP contribution in [0.1, 0.15) is 62.5 Å². The summed E-state index contributed by atoms with van der Waals surface area (Å²) >= 11 is 0. The second kappa shape index (κ2) is 10.1. The average molecular weight is 518 g/mol. The van der Waals surface area contributed by atoms with Gasteiger partial charge in [0.25, 0.3) is 0 Å². The van der Waals surface area contributed by atoms with Crippen molar-refractivity contribution in [3.8, 4) is 0 Å². The summed E-state index contributed by atoms with van der Waals surface area (Å²) in [7, 11) is 0. The Morgan fingerprint density at radius 1 is 1.03 bits per heavy atom. The summed E-state index contributed by atoms with van der Waals surface area (Å²) in [6, 6.07) is 16.7. The molecule has 6 rings (SSSR count). The molecule has 2 unspecified atom stereocenters. The lowest BCUT2D eigenvalue weighted by Crippen LogP contribution is -2.55. The maximum atomic E-state index is 14.4. The number of hydrogen-bond acceptors (Lipinski definition) is 4. The quantitative estimate of drug-likeness (QED) is 0.505. The Morgan fingerprint density at radius 3 is 2.42 bits per heavy atom. The van der Waals surface area contributed by atoms with Crippen LogP contribution in [-0.2, 0) is 9.59 Å². The van der Waals surface area contributed by atoms with Crippen molar-refractivity contribution >= 4 is 22.8 Å². The molecule has 2 aromatic carbocycles. The maximum Gasteiger partial charge on any atom is 0.227 e. The van der Waals surface area contributed by atoms with E-state index in [0.717, 1.165) is 42.7 Å². The molecule has 2 amide bonds. The second-order valence-electron chi connectivity index (χ2n) is 11.3. The number of imidazole rings is 1. The van der Waals surface area contributed by atoms with Crippen LogP contribution >= 0.6 is 0 Å². The van der Waals surface area contributed by atoms with Crippen LogP contribution in [0.25, 0.3) is 11.0 Å². The summed E-state index contributed by atoms with van der Waals surface area (Å²) in [6.07, 6.45) is 5.25. The highest BCUT2D eigenvalue weighted by Gasteiger charge is 2.42. The predicted molar refractivity (Wildman–Crippen MR) is 144 cm³/mol. The van der Waals surface area contributed by atoms with Gasteiger partial charge in [0.1, 0.15) is 11.3 Å². The Balaban J connectivity index is 1.13. The number of para-hydroxylation sites is 1. The highest BCUT2D eigenvalue weighted by molar-refractivity contribution is 5.84. The number of nitrogens with zero attached hydrogens (tertiary/aromatic N) is 4. The third-order valence-electron chi connectivity index (χ3n) is 8.96. The number of nitrogens with one attached hydrogen (secondary N) is 1. The van der Waals surface area contributed by atoms with E-state index in [1.165, 1.54) is 18.9 Å². The molecule has 1 N–H and O–H groups in total. The van der Waals surface area contributed by atoms with Crippen molar-refractivity contribution in [2.45, 2.75) is 70.1 Å². The van der Waals surface area contributed by atoms with Crippen LogP contribution in [0, 0.1) is 18.7 Å². The number of hydrogen-bond donors (Lipinski definition) is 1. The van der Waals surface area contributed by atoms with Crippen molar-refractivity contribution in [1.82, 2.24) is 24.7 Å². The lowest BCUT2D eigenvalue weighted by molar-refractivity contribution is -0.141. The minimum Gasteiger partial charge on any atom is -0.349 e. The molecule has 0 saturated carbocycles. The van der Waals surface area contributed by atoms with Crippen LogP contribution in [0.5, 0.6) is 0 Å². The number of fused-ring (bicyclic) bond motifs is 3. The van der Waals surface area contributed by atoms with Crippen molar-refractivity contribution < 1.29 is 14.0 Å². The molecule has 0 spiro atoms. The zero-order valence-electron chi connectivity index (χ0n) is 22.1. The van der Waals surface area contributed by atoms with E-state index in [1.54, 1.807) is 17.9 Å². The third kappa shape index (κ3) is 4.59. The molecular formula is C30H36FN5O2. The molecule has 3 aliphatic rings. The minimum atomic E-state index is -0.255. The summed E-state index contributed by atoms with van der Waals surface area (Å²) < 4.78 is 16.6. The Labute approximate surface area is 223 Å². The number of amides is 2. The SMILES string of the molecule is CC(=O)N1CC(C(=O)N[C@@H](CCN2C3CCC2CC(n2c(C)nc4c(F)cccc42)C3)c2ccccc2)C1. The minimum absolute atomic E-state index is 0.0246. The zero-order valence-corrected chi connectivity index (χ0v) is 22.1. The first-order valence-corrected chi connectivity index (χ1v) is 13.9. The molecule has 3 fully saturated rings. The molecule has 3 saturated heterocycles. The first-order valence-electron chi connectivity index (χ1n) is 13.9. The molecule has 8 heteroatoms. The van der Waals surface area contributed by atoms with Gasteiger partial charge >= 0.3 is 0 Å². The van der Waals surface area contributed by atoms with Crippen molar-refractivity contribution in [1.29, 1.82) is 0 Å². The molecule has 3 aliphatic heterocycles. The maximum absolute atomic E-state index is 14.4. The number of piperidine rings is 1. The molecule has 0 radical (unpaired) electrons. The number of aromatic nitrogens is 2. The number of halogens is 1. The van der Waals surface area contributed by atoms with Crippen molar-refractivity contribution in [2.24, 2.45) is 5.92 Å². The van der Waals surface area contributed by atoms with Gasteiger partial charge in [-0.2, -0.15) is 0 Å². The van der Waals surface area contributed by atoms with E-state index >= 15 is 0 Å². The standard InChI is InChI=1S/C30H36FN5O2/c1-19-32-29-26(31)9-6-10-28(29)36(19)25-15-23-11-12-24(16-25)35(23)14-13-27(21-7-4-3-5-8-21)33-30(38)22-17-34(18-22)20(2)37/h3-10,22-25,27H,11-18H2,1-2H3,(H,33,38)/t23?,24?,25?,27-/m0/s1. The summed E-state index contributed by atoms with van der Waals surface area (Å²) in [5.41, 5.74) is 2.49. The largest absolute Gasteiger partial charge is 0.349 e. The molecule has 7 nitrogen and oxygen atoms in total. The van der Waals surface area contributed by atoms with Crippen LogP contribution in [-0.4, -0.2) is 62.9 Å². The highest BCUT2D eigenvalue weighted by atomic mass is 19.1. The summed E-state index contributed by atoms with van der Waals surface area (Å²) in [5, 5.41) is 3.30. The third-order valence-corrected chi connectivity index (χ3v) is 8.96. The van der Waals surface area contributed by atoms with Crippen molar-refractivity contribution in [2.75, 3.05) is 19.6 Å². The van der Waals surface area contributed by atoms with Gasteiger partial charge in [0.2, 0.25) is 11.8 Å². The van der Waals surface area contributed by atoms with Gasteiger partial charge < -0.3 is 14.8 Å². The van der Waals surface area contributed by atoms with Gasteiger partial charge in [-0.25, -0.2) is 9.37 Å². The number of benzene rings is 2. The van der Waals surface area contributed by atoms with E-state index in [9.17, 15) is 14.0 Å². The fraction of sp³-hybridized carbons (Fsp3) is 0.500. The first kappa shape index (κ1) is 25.0. The molecule has 38 heavy (non-hydrogen) atoms. The monoisotopic (exact) mass is 517 g/mol. The molecule has 2 bridgehead atoms. The number of rotatable bonds is 7. The normalized spacial score (nSPS) is 24.4. The number of carbonyl (C=O) groups is 2. The summed E-state index contributed by atoms with van der Waals surface area (Å²) in [4.78, 5) is 33.5. The predicted octanol–water partition coefficient (Wildman–Crippen LogP) is 4.38. The van der Waals surface area contributed by atoms with Crippen molar-refractivity contribution in [3.05, 3.63) is 65.7 Å². The van der Waals surface area contributed by atoms with Gasteiger partial charge in [-0.15, -0.1) is 0 Å². The smallest absolute Gasteiger partial charge is 0.227 e. The lowest BCUT2D eigenvalue weighted by atomic mass is 9.94. The van der Waals surface area contributed by atoms with E-state index in [1.807, 2.05) is 31.2 Å². The van der Waals surface area contributed by atoms with Crippen LogP contribution in [0.2, 0.25) is 0 Å². The van der Waals surface area contributed by atoms with Crippen LogP contribution in [0.15, 0.2) is 48.5 Å². The van der Waals surface area contributed by atoms with Crippen LogP contribution in [0.3, 0.4) is 0 Å². The lowest BCUT2D eigenvalue weighted by Gasteiger charge is -2.41. The molecule has 1 aromatic heterocycles. The average Bonchev–Trinajstić information content (AvgIpc) is 3.33. The Hall–Kier alpha value is -3.26. The van der Waals surface area contributed by atoms with Gasteiger partial charge in [-0.3, -0.25) is 14.5 Å².